The number of non-ortho nitro benzene ring substituents is 1. The lowest BCUT2D eigenvalue weighted by Crippen LogP contribution is -1.95. The van der Waals surface area contributed by atoms with E-state index in [9.17, 15) is 10.1 Å². The van der Waals surface area contributed by atoms with Crippen LogP contribution in [0.5, 0.6) is 0 Å². The minimum absolute atomic E-state index is 0.0959. The molecule has 0 spiro atoms. The van der Waals surface area contributed by atoms with E-state index in [2.05, 4.69) is 42.0 Å². The van der Waals surface area contributed by atoms with E-state index in [4.69, 9.17) is 14.7 Å². The number of nitrogens with zero attached hydrogens (tertiary/aromatic N) is 1. The number of aliphatic hydroxyl groups is 1. The van der Waals surface area contributed by atoms with E-state index in [-0.39, 0.29) is 5.69 Å². The third-order valence-corrected chi connectivity index (χ3v) is 2.36. The van der Waals surface area contributed by atoms with E-state index < -0.39 is 15.4 Å². The molecule has 0 unspecified atom stereocenters. The van der Waals surface area contributed by atoms with Gasteiger partial charge in [0.1, 0.15) is 0 Å². The Kier molecular flexibility index (Phi) is 17.3. The van der Waals surface area contributed by atoms with Crippen LogP contribution in [0, 0.1) is 10.1 Å². The van der Waals surface area contributed by atoms with Crippen molar-refractivity contribution < 1.29 is 19.6 Å². The number of rotatable bonds is 4. The van der Waals surface area contributed by atoms with Crippen molar-refractivity contribution in [1.82, 2.24) is 0 Å². The van der Waals surface area contributed by atoms with Crippen molar-refractivity contribution in [1.29, 1.82) is 0 Å². The van der Waals surface area contributed by atoms with Crippen LogP contribution in [-0.2, 0) is 0 Å². The quantitative estimate of drug-likeness (QED) is 0.247. The summed E-state index contributed by atoms with van der Waals surface area (Å²) >= 11 is 6.21. The third-order valence-electron chi connectivity index (χ3n) is 2.36. The predicted molar refractivity (Wildman–Crippen MR) is 117 cm³/mol. The predicted octanol–water partition coefficient (Wildman–Crippen LogP) is 3.72. The summed E-state index contributed by atoms with van der Waals surface area (Å²) in [5, 5.41) is 20.2. The Balaban J connectivity index is 0. The summed E-state index contributed by atoms with van der Waals surface area (Å²) in [6.07, 6.45) is 0.875. The van der Waals surface area contributed by atoms with E-state index in [0.29, 0.717) is 6.61 Å². The molecule has 0 aliphatic carbocycles. The van der Waals surface area contributed by atoms with Gasteiger partial charge in [-0.05, 0) is 30.7 Å². The van der Waals surface area contributed by atoms with Gasteiger partial charge in [-0.1, -0.05) is 50.4 Å². The molecule has 0 radical (unpaired) electrons. The summed E-state index contributed by atoms with van der Waals surface area (Å²) in [5.41, 5.74) is 10.6. The number of hydrogen-bond acceptors (Lipinski definition) is 6. The number of primary amides is 2. The van der Waals surface area contributed by atoms with Crippen molar-refractivity contribution in [2.24, 2.45) is 11.5 Å². The second kappa shape index (κ2) is 17.6. The van der Waals surface area contributed by atoms with E-state index in [0.717, 1.165) is 17.8 Å². The minimum atomic E-state index is -0.639. The number of aliphatic hydroxyl groups excluding tert-OH is 1. The molecule has 0 heterocycles. The van der Waals surface area contributed by atoms with Crippen LogP contribution in [-0.4, -0.2) is 27.1 Å². The highest BCUT2D eigenvalue weighted by Gasteiger charge is 2.03. The molecule has 28 heavy (non-hydrogen) atoms. The molecular weight excluding hydrogens is 404 g/mol. The molecule has 0 bridgehead atoms. The first-order valence-electron chi connectivity index (χ1n) is 7.78. The normalized spacial score (nSPS) is 8.43. The van der Waals surface area contributed by atoms with Crippen molar-refractivity contribution in [2.75, 3.05) is 11.9 Å². The molecule has 2 aromatic rings. The zero-order valence-corrected chi connectivity index (χ0v) is 17.0. The Bertz CT molecular complexity index is 678. The zero-order valence-electron chi connectivity index (χ0n) is 15.2. The van der Waals surface area contributed by atoms with Crippen molar-refractivity contribution in [3.8, 4) is 0 Å². The first-order chi connectivity index (χ1) is 13.1. The van der Waals surface area contributed by atoms with Gasteiger partial charge in [0.2, 0.25) is 0 Å². The molecule has 2 rings (SSSR count). The Labute approximate surface area is 174 Å². The number of nitro benzene ring substituents is 1. The molecular formula is C17H24N4O5S2. The van der Waals surface area contributed by atoms with E-state index in [1.54, 1.807) is 12.1 Å². The topological polar surface area (TPSA) is 162 Å². The van der Waals surface area contributed by atoms with Crippen molar-refractivity contribution in [3.05, 3.63) is 64.7 Å². The Morgan fingerprint density at radius 2 is 1.36 bits per heavy atom. The largest absolute Gasteiger partial charge is 0.396 e. The van der Waals surface area contributed by atoms with Gasteiger partial charge >= 0.3 is 0 Å². The number of anilines is 2. The molecule has 0 fully saturated rings. The monoisotopic (exact) mass is 428 g/mol. The van der Waals surface area contributed by atoms with Crippen LogP contribution in [0.2, 0.25) is 0 Å². The summed E-state index contributed by atoms with van der Waals surface area (Å²) in [5.74, 6) is 0. The Morgan fingerprint density at radius 1 is 1.00 bits per heavy atom. The van der Waals surface area contributed by atoms with E-state index in [1.165, 1.54) is 12.1 Å². The lowest BCUT2D eigenvalue weighted by molar-refractivity contribution is -0.384. The first-order valence-corrected chi connectivity index (χ1v) is 8.67. The minimum Gasteiger partial charge on any atom is -0.396 e. The van der Waals surface area contributed by atoms with Gasteiger partial charge in [-0.3, -0.25) is 19.7 Å². The number of thiol groups is 2. The van der Waals surface area contributed by atoms with Crippen molar-refractivity contribution >= 4 is 52.8 Å². The smallest absolute Gasteiger partial charge is 0.273 e. The van der Waals surface area contributed by atoms with E-state index in [1.807, 2.05) is 37.3 Å². The maximum absolute atomic E-state index is 10.5. The van der Waals surface area contributed by atoms with Crippen LogP contribution in [0.4, 0.5) is 26.7 Å². The third kappa shape index (κ3) is 19.6. The first kappa shape index (κ1) is 27.5. The van der Waals surface area contributed by atoms with Crippen LogP contribution in [0.25, 0.3) is 0 Å². The van der Waals surface area contributed by atoms with Gasteiger partial charge in [0.25, 0.3) is 16.2 Å². The number of carbonyl (C=O) groups excluding carboxylic acids is 2. The molecule has 11 heteroatoms. The van der Waals surface area contributed by atoms with Gasteiger partial charge in [0, 0.05) is 30.1 Å². The maximum Gasteiger partial charge on any atom is 0.273 e. The molecule has 0 aliphatic heterocycles. The Morgan fingerprint density at radius 3 is 1.68 bits per heavy atom. The zero-order chi connectivity index (χ0) is 21.9. The summed E-state index contributed by atoms with van der Waals surface area (Å²) in [4.78, 5) is 28.2. The van der Waals surface area contributed by atoms with Crippen molar-refractivity contribution in [2.45, 2.75) is 13.3 Å². The SMILES string of the molecule is CCCO.NC(=O)S.NC(=O)S.O=[N+]([O-])c1ccc(Nc2ccccc2)cc1. The van der Waals surface area contributed by atoms with Gasteiger partial charge in [-0.2, -0.15) is 0 Å². The summed E-state index contributed by atoms with van der Waals surface area (Å²) in [6, 6.07) is 16.0. The van der Waals surface area contributed by atoms with Gasteiger partial charge in [0.05, 0.1) is 4.92 Å². The van der Waals surface area contributed by atoms with Crippen LogP contribution in [0.1, 0.15) is 13.3 Å². The summed E-state index contributed by atoms with van der Waals surface area (Å²) < 4.78 is 0. The highest BCUT2D eigenvalue weighted by molar-refractivity contribution is 7.96. The van der Waals surface area contributed by atoms with Gasteiger partial charge in [-0.15, -0.1) is 0 Å². The maximum atomic E-state index is 10.5. The van der Waals surface area contributed by atoms with Gasteiger partial charge in [0.15, 0.2) is 0 Å². The number of hydrogen-bond donors (Lipinski definition) is 6. The number of nitrogens with two attached hydrogens (primary N) is 2. The fourth-order valence-corrected chi connectivity index (χ4v) is 1.35. The molecule has 9 nitrogen and oxygen atoms in total. The van der Waals surface area contributed by atoms with Crippen LogP contribution >= 0.6 is 25.3 Å². The molecule has 0 aliphatic rings. The van der Waals surface area contributed by atoms with Gasteiger partial charge < -0.3 is 21.9 Å². The second-order valence-electron chi connectivity index (χ2n) is 4.70. The number of benzene rings is 2. The number of nitrogens with one attached hydrogen (secondary N) is 1. The van der Waals surface area contributed by atoms with Crippen LogP contribution in [0.15, 0.2) is 54.6 Å². The fraction of sp³-hybridized carbons (Fsp3) is 0.176. The molecule has 0 atom stereocenters. The fourth-order valence-electron chi connectivity index (χ4n) is 1.35. The lowest BCUT2D eigenvalue weighted by Gasteiger charge is -2.05. The summed E-state index contributed by atoms with van der Waals surface area (Å²) in [6.45, 7) is 2.25. The lowest BCUT2D eigenvalue weighted by atomic mass is 10.2. The van der Waals surface area contributed by atoms with E-state index >= 15 is 0 Å². The molecule has 0 saturated heterocycles. The number of para-hydroxylation sites is 1. The highest BCUT2D eigenvalue weighted by Crippen LogP contribution is 2.19. The molecule has 2 amide bonds. The second-order valence-corrected chi connectivity index (χ2v) is 5.58. The Hall–Kier alpha value is -2.76. The van der Waals surface area contributed by atoms with Gasteiger partial charge in [-0.25, -0.2) is 0 Å². The average Bonchev–Trinajstić information content (AvgIpc) is 2.62. The van der Waals surface area contributed by atoms with Crippen LogP contribution in [0.3, 0.4) is 0 Å². The molecule has 6 N–H and O–H groups in total. The number of nitro groups is 1. The molecule has 0 aromatic heterocycles. The standard InChI is InChI=1S/C12H10N2O2.C3H8O.2CH3NOS/c15-14(16)12-8-6-11(7-9-12)13-10-4-2-1-3-5-10;1-2-3-4;2*2-1(3)4/h1-9,13H;4H,2-3H2,1H3;2*(H3,2,3,4). The highest BCUT2D eigenvalue weighted by atomic mass is 32.1. The summed E-state index contributed by atoms with van der Waals surface area (Å²) in [7, 11) is 0. The van der Waals surface area contributed by atoms with Crippen LogP contribution < -0.4 is 16.8 Å². The molecule has 2 aromatic carbocycles. The average molecular weight is 429 g/mol. The molecule has 154 valence electrons. The molecule has 0 saturated carbocycles. The number of carbonyl (C=O) groups is 2. The van der Waals surface area contributed by atoms with Crippen molar-refractivity contribution in [3.63, 3.8) is 0 Å². The number of amides is 2.